The molecule has 0 aliphatic rings. The van der Waals surface area contributed by atoms with E-state index in [-0.39, 0.29) is 23.8 Å². The van der Waals surface area contributed by atoms with Gasteiger partial charge in [-0.25, -0.2) is 4.68 Å². The first-order valence-corrected chi connectivity index (χ1v) is 6.74. The van der Waals surface area contributed by atoms with Gasteiger partial charge in [0.1, 0.15) is 5.69 Å². The molecule has 1 amide bonds. The molecule has 1 heterocycles. The van der Waals surface area contributed by atoms with Crippen LogP contribution in [0, 0.1) is 0 Å². The predicted molar refractivity (Wildman–Crippen MR) is 73.6 cm³/mol. The van der Waals surface area contributed by atoms with Gasteiger partial charge in [0, 0.05) is 25.8 Å². The second-order valence-electron chi connectivity index (χ2n) is 4.23. The summed E-state index contributed by atoms with van der Waals surface area (Å²) in [5.74, 6) is -0.308. The van der Waals surface area contributed by atoms with E-state index < -0.39 is 0 Å². The van der Waals surface area contributed by atoms with E-state index in [0.29, 0.717) is 32.7 Å². The summed E-state index contributed by atoms with van der Waals surface area (Å²) in [6.07, 6.45) is 1.43. The number of aliphatic hydroxyl groups excluding tert-OH is 1. The molecule has 0 unspecified atom stereocenters. The average molecular weight is 283 g/mol. The Morgan fingerprint density at radius 1 is 1.45 bits per heavy atom. The van der Waals surface area contributed by atoms with Gasteiger partial charge >= 0.3 is 0 Å². The van der Waals surface area contributed by atoms with E-state index in [1.54, 1.807) is 0 Å². The largest absolute Gasteiger partial charge is 0.394 e. The fourth-order valence-electron chi connectivity index (χ4n) is 1.58. The molecule has 0 saturated carbocycles. The van der Waals surface area contributed by atoms with Crippen LogP contribution in [0.4, 0.5) is 0 Å². The fraction of sp³-hybridized carbons (Fsp3) is 0.615. The van der Waals surface area contributed by atoms with Crippen molar-refractivity contribution in [1.29, 1.82) is 0 Å². The normalized spacial score (nSPS) is 10.5. The molecule has 0 radical (unpaired) electrons. The zero-order chi connectivity index (χ0) is 14.8. The van der Waals surface area contributed by atoms with Gasteiger partial charge in [0.05, 0.1) is 13.2 Å². The summed E-state index contributed by atoms with van der Waals surface area (Å²) in [7, 11) is 0. The average Bonchev–Trinajstić information content (AvgIpc) is 2.45. The lowest BCUT2D eigenvalue weighted by Gasteiger charge is -2.07. The van der Waals surface area contributed by atoms with E-state index in [0.717, 1.165) is 6.42 Å². The van der Waals surface area contributed by atoms with Gasteiger partial charge in [-0.15, -0.1) is 0 Å². The van der Waals surface area contributed by atoms with Crippen LogP contribution in [0.25, 0.3) is 0 Å². The molecule has 0 aliphatic carbocycles. The Hall–Kier alpha value is -1.73. The van der Waals surface area contributed by atoms with Crippen LogP contribution >= 0.6 is 0 Å². The highest BCUT2D eigenvalue weighted by Crippen LogP contribution is 1.92. The van der Waals surface area contributed by atoms with Crippen molar-refractivity contribution in [2.75, 3.05) is 26.4 Å². The Morgan fingerprint density at radius 2 is 2.25 bits per heavy atom. The highest BCUT2D eigenvalue weighted by atomic mass is 16.5. The van der Waals surface area contributed by atoms with E-state index in [1.165, 1.54) is 16.8 Å². The smallest absolute Gasteiger partial charge is 0.271 e. The summed E-state index contributed by atoms with van der Waals surface area (Å²) < 4.78 is 6.37. The fourth-order valence-corrected chi connectivity index (χ4v) is 1.58. The third kappa shape index (κ3) is 5.50. The summed E-state index contributed by atoms with van der Waals surface area (Å²) in [6, 6.07) is 2.77. The maximum absolute atomic E-state index is 11.8. The summed E-state index contributed by atoms with van der Waals surface area (Å²) in [6.45, 7) is 3.66. The molecule has 0 aromatic carbocycles. The first-order valence-electron chi connectivity index (χ1n) is 6.74. The standard InChI is InChI=1S/C13H21N3O4/c1-2-7-16-12(18)5-4-11(15-16)13(19)14-6-3-9-20-10-8-17/h4-5,17H,2-3,6-10H2,1H3,(H,14,19). The first kappa shape index (κ1) is 16.3. The van der Waals surface area contributed by atoms with Crippen LogP contribution in [-0.2, 0) is 11.3 Å². The minimum atomic E-state index is -0.308. The predicted octanol–water partition coefficient (Wildman–Crippen LogP) is -0.218. The summed E-state index contributed by atoms with van der Waals surface area (Å²) in [5, 5.41) is 15.2. The van der Waals surface area contributed by atoms with E-state index in [9.17, 15) is 9.59 Å². The monoisotopic (exact) mass is 283 g/mol. The van der Waals surface area contributed by atoms with Gasteiger partial charge in [-0.2, -0.15) is 5.10 Å². The molecule has 0 saturated heterocycles. The number of nitrogens with one attached hydrogen (secondary N) is 1. The van der Waals surface area contributed by atoms with Gasteiger partial charge in [0.25, 0.3) is 11.5 Å². The van der Waals surface area contributed by atoms with Crippen LogP contribution in [0.3, 0.4) is 0 Å². The molecule has 1 aromatic rings. The number of hydrogen-bond acceptors (Lipinski definition) is 5. The second kappa shape index (κ2) is 9.22. The van der Waals surface area contributed by atoms with Gasteiger partial charge in [0.2, 0.25) is 0 Å². The number of rotatable bonds is 9. The van der Waals surface area contributed by atoms with Crippen molar-refractivity contribution >= 4 is 5.91 Å². The molecule has 7 heteroatoms. The maximum Gasteiger partial charge on any atom is 0.271 e. The lowest BCUT2D eigenvalue weighted by Crippen LogP contribution is -2.30. The second-order valence-corrected chi connectivity index (χ2v) is 4.23. The summed E-state index contributed by atoms with van der Waals surface area (Å²) in [5.41, 5.74) is 0.0233. The Labute approximate surface area is 117 Å². The number of ether oxygens (including phenoxy) is 1. The van der Waals surface area contributed by atoms with Crippen molar-refractivity contribution in [2.24, 2.45) is 0 Å². The Morgan fingerprint density at radius 3 is 2.95 bits per heavy atom. The minimum absolute atomic E-state index is 0.00471. The number of amides is 1. The molecule has 7 nitrogen and oxygen atoms in total. The zero-order valence-corrected chi connectivity index (χ0v) is 11.7. The number of carbonyl (C=O) groups is 1. The number of aliphatic hydroxyl groups is 1. The lowest BCUT2D eigenvalue weighted by atomic mass is 10.3. The molecular weight excluding hydrogens is 262 g/mol. The van der Waals surface area contributed by atoms with E-state index in [4.69, 9.17) is 9.84 Å². The van der Waals surface area contributed by atoms with E-state index in [2.05, 4.69) is 10.4 Å². The SMILES string of the molecule is CCCn1nc(C(=O)NCCCOCCO)ccc1=O. The highest BCUT2D eigenvalue weighted by Gasteiger charge is 2.08. The molecule has 0 bridgehead atoms. The maximum atomic E-state index is 11.8. The third-order valence-electron chi connectivity index (χ3n) is 2.52. The Kier molecular flexibility index (Phi) is 7.52. The highest BCUT2D eigenvalue weighted by molar-refractivity contribution is 5.91. The van der Waals surface area contributed by atoms with Crippen molar-refractivity contribution in [3.05, 3.63) is 28.2 Å². The topological polar surface area (TPSA) is 93.5 Å². The van der Waals surface area contributed by atoms with Crippen LogP contribution < -0.4 is 10.9 Å². The van der Waals surface area contributed by atoms with Crippen molar-refractivity contribution in [2.45, 2.75) is 26.3 Å². The zero-order valence-electron chi connectivity index (χ0n) is 11.7. The van der Waals surface area contributed by atoms with Gasteiger partial charge in [-0.1, -0.05) is 6.92 Å². The summed E-state index contributed by atoms with van der Waals surface area (Å²) in [4.78, 5) is 23.3. The van der Waals surface area contributed by atoms with Crippen molar-refractivity contribution < 1.29 is 14.6 Å². The molecular formula is C13H21N3O4. The van der Waals surface area contributed by atoms with Gasteiger partial charge in [-0.3, -0.25) is 9.59 Å². The number of carbonyl (C=O) groups excluding carboxylic acids is 1. The van der Waals surface area contributed by atoms with E-state index >= 15 is 0 Å². The van der Waals surface area contributed by atoms with Gasteiger partial charge < -0.3 is 15.2 Å². The quantitative estimate of drug-likeness (QED) is 0.611. The Bertz CT molecular complexity index is 473. The molecule has 0 fully saturated rings. The van der Waals surface area contributed by atoms with Gasteiger partial charge in [-0.05, 0) is 18.9 Å². The van der Waals surface area contributed by atoms with Crippen LogP contribution in [0.15, 0.2) is 16.9 Å². The summed E-state index contributed by atoms with van der Waals surface area (Å²) >= 11 is 0. The first-order chi connectivity index (χ1) is 9.69. The van der Waals surface area contributed by atoms with Crippen LogP contribution in [0.2, 0.25) is 0 Å². The third-order valence-corrected chi connectivity index (χ3v) is 2.52. The molecule has 1 rings (SSSR count). The van der Waals surface area contributed by atoms with Crippen LogP contribution in [0.1, 0.15) is 30.3 Å². The Balaban J connectivity index is 2.43. The molecule has 1 aromatic heterocycles. The number of hydrogen-bond donors (Lipinski definition) is 2. The molecule has 0 atom stereocenters. The molecule has 0 aliphatic heterocycles. The molecule has 0 spiro atoms. The molecule has 20 heavy (non-hydrogen) atoms. The number of nitrogens with zero attached hydrogens (tertiary/aromatic N) is 2. The van der Waals surface area contributed by atoms with Crippen molar-refractivity contribution in [1.82, 2.24) is 15.1 Å². The van der Waals surface area contributed by atoms with Crippen molar-refractivity contribution in [3.63, 3.8) is 0 Å². The van der Waals surface area contributed by atoms with Gasteiger partial charge in [0.15, 0.2) is 0 Å². The lowest BCUT2D eigenvalue weighted by molar-refractivity contribution is 0.0864. The number of aromatic nitrogens is 2. The number of aryl methyl sites for hydroxylation is 1. The molecule has 2 N–H and O–H groups in total. The van der Waals surface area contributed by atoms with Crippen LogP contribution in [-0.4, -0.2) is 47.2 Å². The van der Waals surface area contributed by atoms with Crippen molar-refractivity contribution in [3.8, 4) is 0 Å². The van der Waals surface area contributed by atoms with Crippen LogP contribution in [0.5, 0.6) is 0 Å². The van der Waals surface area contributed by atoms with E-state index in [1.807, 2.05) is 6.92 Å². The minimum Gasteiger partial charge on any atom is -0.394 e. The molecule has 112 valence electrons.